The molecule has 0 saturated heterocycles. The Hall–Kier alpha value is -1.72. The van der Waals surface area contributed by atoms with Crippen molar-refractivity contribution in [3.05, 3.63) is 28.6 Å². The number of carbonyl (C=O) groups is 1. The van der Waals surface area contributed by atoms with Gasteiger partial charge in [-0.05, 0) is 12.5 Å². The smallest absolute Gasteiger partial charge is 0.339 e. The van der Waals surface area contributed by atoms with Gasteiger partial charge in [0.2, 0.25) is 0 Å². The molecule has 0 spiro atoms. The molecule has 0 heterocycles. The molecule has 0 aliphatic carbocycles. The van der Waals surface area contributed by atoms with Crippen LogP contribution >= 0.6 is 0 Å². The van der Waals surface area contributed by atoms with Crippen LogP contribution in [-0.2, 0) is 0 Å². The van der Waals surface area contributed by atoms with Crippen molar-refractivity contribution in [2.24, 2.45) is 0 Å². The molecule has 1 aromatic carbocycles. The van der Waals surface area contributed by atoms with E-state index in [0.717, 1.165) is 6.92 Å². The van der Waals surface area contributed by atoms with E-state index in [9.17, 15) is 18.0 Å². The minimum Gasteiger partial charge on any atom is -0.478 e. The van der Waals surface area contributed by atoms with Crippen molar-refractivity contribution in [2.75, 3.05) is 5.73 Å². The number of carboxylic acids is 1. The monoisotopic (exact) mass is 205 g/mol. The van der Waals surface area contributed by atoms with E-state index in [2.05, 4.69) is 0 Å². The van der Waals surface area contributed by atoms with E-state index in [4.69, 9.17) is 10.8 Å². The van der Waals surface area contributed by atoms with E-state index in [1.807, 2.05) is 0 Å². The van der Waals surface area contributed by atoms with Gasteiger partial charge in [0.1, 0.15) is 5.56 Å². The lowest BCUT2D eigenvalue weighted by Crippen LogP contribution is -2.11. The molecule has 76 valence electrons. The molecule has 0 saturated carbocycles. The lowest BCUT2D eigenvalue weighted by Gasteiger charge is -2.08. The Balaban J connectivity index is 3.68. The van der Waals surface area contributed by atoms with Crippen LogP contribution in [0.25, 0.3) is 0 Å². The van der Waals surface area contributed by atoms with Crippen LogP contribution in [-0.4, -0.2) is 11.1 Å². The van der Waals surface area contributed by atoms with Gasteiger partial charge in [0.25, 0.3) is 0 Å². The van der Waals surface area contributed by atoms with Crippen LogP contribution in [0.5, 0.6) is 0 Å². The van der Waals surface area contributed by atoms with Gasteiger partial charge in [-0.2, -0.15) is 0 Å². The molecule has 6 heteroatoms. The van der Waals surface area contributed by atoms with Gasteiger partial charge < -0.3 is 10.8 Å². The molecule has 0 aromatic heterocycles. The molecular formula is C8H6F3NO2. The summed E-state index contributed by atoms with van der Waals surface area (Å²) in [6.07, 6.45) is 0. The number of carboxylic acid groups (broad SMARTS) is 1. The van der Waals surface area contributed by atoms with Gasteiger partial charge in [-0.25, -0.2) is 18.0 Å². The molecule has 3 N–H and O–H groups in total. The first kappa shape index (κ1) is 10.4. The van der Waals surface area contributed by atoms with Crippen molar-refractivity contribution in [1.82, 2.24) is 0 Å². The van der Waals surface area contributed by atoms with E-state index in [1.165, 1.54) is 0 Å². The second kappa shape index (κ2) is 3.21. The molecule has 0 radical (unpaired) electrons. The van der Waals surface area contributed by atoms with E-state index in [1.54, 1.807) is 0 Å². The Morgan fingerprint density at radius 1 is 1.21 bits per heavy atom. The predicted molar refractivity (Wildman–Crippen MR) is 42.4 cm³/mol. The summed E-state index contributed by atoms with van der Waals surface area (Å²) >= 11 is 0. The number of nitrogen functional groups attached to an aromatic ring is 1. The van der Waals surface area contributed by atoms with Crippen LogP contribution in [0.15, 0.2) is 0 Å². The molecule has 0 aliphatic rings. The molecule has 0 fully saturated rings. The fraction of sp³-hybridized carbons (Fsp3) is 0.125. The van der Waals surface area contributed by atoms with Gasteiger partial charge in [-0.15, -0.1) is 0 Å². The Morgan fingerprint density at radius 3 is 2.14 bits per heavy atom. The van der Waals surface area contributed by atoms with Crippen molar-refractivity contribution in [1.29, 1.82) is 0 Å². The zero-order valence-electron chi connectivity index (χ0n) is 7.07. The van der Waals surface area contributed by atoms with Crippen LogP contribution in [0.2, 0.25) is 0 Å². The predicted octanol–water partition coefficient (Wildman–Crippen LogP) is 1.69. The molecule has 14 heavy (non-hydrogen) atoms. The summed E-state index contributed by atoms with van der Waals surface area (Å²) in [5.74, 6) is -6.86. The van der Waals surface area contributed by atoms with Gasteiger partial charge in [-0.3, -0.25) is 0 Å². The highest BCUT2D eigenvalue weighted by molar-refractivity contribution is 5.91. The first-order valence-electron chi connectivity index (χ1n) is 3.53. The number of benzene rings is 1. The summed E-state index contributed by atoms with van der Waals surface area (Å²) in [7, 11) is 0. The normalized spacial score (nSPS) is 10.3. The quantitative estimate of drug-likeness (QED) is 0.541. The van der Waals surface area contributed by atoms with E-state index in [0.29, 0.717) is 0 Å². The minimum atomic E-state index is -1.87. The van der Waals surface area contributed by atoms with E-state index < -0.39 is 34.7 Å². The third-order valence-electron chi connectivity index (χ3n) is 1.83. The van der Waals surface area contributed by atoms with Crippen LogP contribution in [0, 0.1) is 24.4 Å². The third-order valence-corrected chi connectivity index (χ3v) is 1.83. The molecule has 1 aromatic rings. The Labute approximate surface area is 77.0 Å². The molecule has 0 atom stereocenters. The zero-order valence-corrected chi connectivity index (χ0v) is 7.07. The van der Waals surface area contributed by atoms with Crippen LogP contribution < -0.4 is 5.73 Å². The lowest BCUT2D eigenvalue weighted by atomic mass is 10.1. The van der Waals surface area contributed by atoms with Crippen LogP contribution in [0.4, 0.5) is 18.9 Å². The molecule has 0 aliphatic heterocycles. The first-order chi connectivity index (χ1) is 6.37. The molecular weight excluding hydrogens is 199 g/mol. The first-order valence-corrected chi connectivity index (χ1v) is 3.53. The van der Waals surface area contributed by atoms with Crippen molar-refractivity contribution in [3.63, 3.8) is 0 Å². The van der Waals surface area contributed by atoms with Crippen molar-refractivity contribution >= 4 is 11.7 Å². The summed E-state index contributed by atoms with van der Waals surface area (Å²) < 4.78 is 38.4. The van der Waals surface area contributed by atoms with Crippen LogP contribution in [0.3, 0.4) is 0 Å². The maximum Gasteiger partial charge on any atom is 0.339 e. The van der Waals surface area contributed by atoms with Gasteiger partial charge >= 0.3 is 5.97 Å². The topological polar surface area (TPSA) is 63.3 Å². The highest BCUT2D eigenvalue weighted by atomic mass is 19.2. The fourth-order valence-corrected chi connectivity index (χ4v) is 1.04. The summed E-state index contributed by atoms with van der Waals surface area (Å²) in [6, 6.07) is 0. The summed E-state index contributed by atoms with van der Waals surface area (Å²) in [5.41, 5.74) is 3.08. The minimum absolute atomic E-state index is 0.325. The van der Waals surface area contributed by atoms with Crippen molar-refractivity contribution < 1.29 is 23.1 Å². The highest BCUT2D eigenvalue weighted by Crippen LogP contribution is 2.26. The zero-order chi connectivity index (χ0) is 11.0. The molecule has 0 amide bonds. The Morgan fingerprint density at radius 2 is 1.71 bits per heavy atom. The molecule has 0 bridgehead atoms. The highest BCUT2D eigenvalue weighted by Gasteiger charge is 2.24. The second-order valence-electron chi connectivity index (χ2n) is 2.66. The number of rotatable bonds is 1. The summed E-state index contributed by atoms with van der Waals surface area (Å²) in [5, 5.41) is 8.50. The average molecular weight is 205 g/mol. The number of nitrogens with two attached hydrogens (primary N) is 1. The largest absolute Gasteiger partial charge is 0.478 e. The van der Waals surface area contributed by atoms with Crippen LogP contribution in [0.1, 0.15) is 15.9 Å². The number of hydrogen-bond acceptors (Lipinski definition) is 2. The maximum absolute atomic E-state index is 12.9. The van der Waals surface area contributed by atoms with Gasteiger partial charge in [-0.1, -0.05) is 0 Å². The van der Waals surface area contributed by atoms with Gasteiger partial charge in [0, 0.05) is 0 Å². The van der Waals surface area contributed by atoms with Crippen molar-refractivity contribution in [2.45, 2.75) is 6.92 Å². The van der Waals surface area contributed by atoms with Gasteiger partial charge in [0.05, 0.1) is 5.69 Å². The fourth-order valence-electron chi connectivity index (χ4n) is 1.04. The Kier molecular flexibility index (Phi) is 2.37. The number of halogens is 3. The lowest BCUT2D eigenvalue weighted by molar-refractivity contribution is 0.0689. The molecule has 0 unspecified atom stereocenters. The van der Waals surface area contributed by atoms with E-state index >= 15 is 0 Å². The maximum atomic E-state index is 12.9. The number of hydrogen-bond donors (Lipinski definition) is 2. The summed E-state index contributed by atoms with van der Waals surface area (Å²) in [6.45, 7) is 1.10. The number of anilines is 1. The van der Waals surface area contributed by atoms with E-state index in [-0.39, 0.29) is 5.56 Å². The number of aromatic carboxylic acids is 1. The standard InChI is InChI=1S/C8H6F3NO2/c1-2-3(8(13)14)4(9)5(10)6(11)7(2)12/h12H2,1H3,(H,13,14). The third kappa shape index (κ3) is 1.28. The SMILES string of the molecule is Cc1c(N)c(F)c(F)c(F)c1C(=O)O. The van der Waals surface area contributed by atoms with Gasteiger partial charge in [0.15, 0.2) is 17.5 Å². The molecule has 3 nitrogen and oxygen atoms in total. The van der Waals surface area contributed by atoms with Crippen molar-refractivity contribution in [3.8, 4) is 0 Å². The molecule has 1 rings (SSSR count). The average Bonchev–Trinajstić information content (AvgIpc) is 2.11. The Bertz CT molecular complexity index is 389. The summed E-state index contributed by atoms with van der Waals surface area (Å²) in [4.78, 5) is 10.5. The second-order valence-corrected chi connectivity index (χ2v) is 2.66.